The fraction of sp³-hybridized carbons (Fsp3) is 0.467. The van der Waals surface area contributed by atoms with Crippen molar-refractivity contribution in [1.82, 2.24) is 24.6 Å². The molecule has 0 radical (unpaired) electrons. The third-order valence-corrected chi connectivity index (χ3v) is 4.13. The maximum Gasteiger partial charge on any atom is 0.275 e. The minimum absolute atomic E-state index is 0.00764. The maximum atomic E-state index is 12.5. The van der Waals surface area contributed by atoms with Gasteiger partial charge in [0.2, 0.25) is 0 Å². The first-order valence-corrected chi connectivity index (χ1v) is 7.42. The molecule has 22 heavy (non-hydrogen) atoms. The molecule has 2 aliphatic heterocycles. The van der Waals surface area contributed by atoms with Gasteiger partial charge in [-0.05, 0) is 20.3 Å². The van der Waals surface area contributed by atoms with Crippen molar-refractivity contribution in [3.05, 3.63) is 35.0 Å². The van der Waals surface area contributed by atoms with Crippen molar-refractivity contribution in [1.29, 1.82) is 0 Å². The maximum absolute atomic E-state index is 12.5. The van der Waals surface area contributed by atoms with Crippen LogP contribution >= 0.6 is 0 Å². The van der Waals surface area contributed by atoms with E-state index >= 15 is 0 Å². The molecule has 0 spiro atoms. The van der Waals surface area contributed by atoms with Crippen LogP contribution in [0.3, 0.4) is 0 Å². The Labute approximate surface area is 127 Å². The Kier molecular flexibility index (Phi) is 2.97. The molecule has 0 bridgehead atoms. The summed E-state index contributed by atoms with van der Waals surface area (Å²) in [6, 6.07) is 2.04. The minimum atomic E-state index is -0.00764. The fourth-order valence-electron chi connectivity index (χ4n) is 3.09. The number of aromatic nitrogens is 4. The predicted octanol–water partition coefficient (Wildman–Crippen LogP) is 1.02. The van der Waals surface area contributed by atoms with Crippen molar-refractivity contribution < 1.29 is 9.53 Å². The zero-order valence-electron chi connectivity index (χ0n) is 12.6. The van der Waals surface area contributed by atoms with Crippen molar-refractivity contribution >= 4 is 5.91 Å². The van der Waals surface area contributed by atoms with Crippen LogP contribution in [0.25, 0.3) is 5.82 Å². The van der Waals surface area contributed by atoms with Gasteiger partial charge in [-0.15, -0.1) is 0 Å². The Hall–Kier alpha value is -2.28. The zero-order chi connectivity index (χ0) is 15.3. The number of fused-ring (bicyclic) bond motifs is 1. The summed E-state index contributed by atoms with van der Waals surface area (Å²) in [5.74, 6) is 1.39. The molecular weight excluding hydrogens is 282 g/mol. The second-order valence-corrected chi connectivity index (χ2v) is 5.81. The second-order valence-electron chi connectivity index (χ2n) is 5.81. The first kappa shape index (κ1) is 13.4. The summed E-state index contributed by atoms with van der Waals surface area (Å²) in [6.07, 6.45) is 2.80. The van der Waals surface area contributed by atoms with Gasteiger partial charge in [-0.2, -0.15) is 5.10 Å². The van der Waals surface area contributed by atoms with Crippen LogP contribution in [-0.4, -0.2) is 49.8 Å². The van der Waals surface area contributed by atoms with Gasteiger partial charge in [0.25, 0.3) is 5.91 Å². The number of carbonyl (C=O) groups excluding carboxylic acids is 1. The number of nitrogens with zero attached hydrogens (tertiary/aromatic N) is 5. The summed E-state index contributed by atoms with van der Waals surface area (Å²) in [5.41, 5.74) is 2.36. The van der Waals surface area contributed by atoms with Gasteiger partial charge in [-0.25, -0.2) is 14.6 Å². The average molecular weight is 299 g/mol. The molecular formula is C15H17N5O2. The molecule has 2 aliphatic rings. The normalized spacial score (nSPS) is 20.7. The van der Waals surface area contributed by atoms with Crippen molar-refractivity contribution in [2.24, 2.45) is 0 Å². The molecule has 4 rings (SSSR count). The Bertz CT molecular complexity index is 728. The Balaban J connectivity index is 1.65. The standard InChI is InChI=1S/C15H17N5O2/c1-9-5-13(17-10(2)16-9)20-7-11-6-19(12-3-4-22-8-12)15(21)14(11)18-20/h5,7,12H,3-4,6,8H2,1-2H3/t12-/m1/s1. The van der Waals surface area contributed by atoms with Crippen LogP contribution < -0.4 is 0 Å². The summed E-state index contributed by atoms with van der Waals surface area (Å²) >= 11 is 0. The zero-order valence-corrected chi connectivity index (χ0v) is 12.6. The van der Waals surface area contributed by atoms with Gasteiger partial charge in [0.1, 0.15) is 5.82 Å². The number of hydrogen-bond donors (Lipinski definition) is 0. The highest BCUT2D eigenvalue weighted by molar-refractivity contribution is 5.96. The molecule has 2 aromatic rings. The quantitative estimate of drug-likeness (QED) is 0.828. The Morgan fingerprint density at radius 1 is 1.32 bits per heavy atom. The van der Waals surface area contributed by atoms with Gasteiger partial charge in [0.15, 0.2) is 11.5 Å². The SMILES string of the molecule is Cc1cc(-n2cc3c(n2)C(=O)N([C@@H]2CCOC2)C3)nc(C)n1. The molecule has 1 fully saturated rings. The lowest BCUT2D eigenvalue weighted by Gasteiger charge is -2.22. The summed E-state index contributed by atoms with van der Waals surface area (Å²) in [5, 5.41) is 4.44. The molecule has 0 aliphatic carbocycles. The van der Waals surface area contributed by atoms with E-state index in [1.807, 2.05) is 31.0 Å². The van der Waals surface area contributed by atoms with Crippen LogP contribution in [0, 0.1) is 13.8 Å². The second kappa shape index (κ2) is 4.88. The van der Waals surface area contributed by atoms with Crippen LogP contribution in [0.4, 0.5) is 0 Å². The molecule has 1 atom stereocenters. The first-order chi connectivity index (χ1) is 10.6. The van der Waals surface area contributed by atoms with E-state index in [1.165, 1.54) is 0 Å². The van der Waals surface area contributed by atoms with Crippen molar-refractivity contribution in [3.63, 3.8) is 0 Å². The molecule has 7 nitrogen and oxygen atoms in total. The predicted molar refractivity (Wildman–Crippen MR) is 77.7 cm³/mol. The van der Waals surface area contributed by atoms with E-state index in [2.05, 4.69) is 15.1 Å². The number of carbonyl (C=O) groups is 1. The Morgan fingerprint density at radius 2 is 2.18 bits per heavy atom. The molecule has 0 saturated carbocycles. The van der Waals surface area contributed by atoms with E-state index in [0.717, 1.165) is 24.3 Å². The molecule has 1 saturated heterocycles. The molecule has 0 N–H and O–H groups in total. The van der Waals surface area contributed by atoms with Crippen molar-refractivity contribution in [2.45, 2.75) is 32.9 Å². The van der Waals surface area contributed by atoms with Gasteiger partial charge in [-0.3, -0.25) is 4.79 Å². The van der Waals surface area contributed by atoms with Crippen molar-refractivity contribution in [2.75, 3.05) is 13.2 Å². The van der Waals surface area contributed by atoms with Crippen molar-refractivity contribution in [3.8, 4) is 5.82 Å². The molecule has 1 amide bonds. The molecule has 2 aromatic heterocycles. The van der Waals surface area contributed by atoms with E-state index in [4.69, 9.17) is 4.74 Å². The summed E-state index contributed by atoms with van der Waals surface area (Å²) in [7, 11) is 0. The van der Waals surface area contributed by atoms with Crippen LogP contribution in [0.2, 0.25) is 0 Å². The van der Waals surface area contributed by atoms with E-state index < -0.39 is 0 Å². The highest BCUT2D eigenvalue weighted by Gasteiger charge is 2.37. The van der Waals surface area contributed by atoms with Gasteiger partial charge in [0, 0.05) is 30.1 Å². The topological polar surface area (TPSA) is 73.1 Å². The third-order valence-electron chi connectivity index (χ3n) is 4.13. The summed E-state index contributed by atoms with van der Waals surface area (Å²) < 4.78 is 7.05. The van der Waals surface area contributed by atoms with Gasteiger partial charge >= 0.3 is 0 Å². The van der Waals surface area contributed by atoms with Crippen LogP contribution in [0.5, 0.6) is 0 Å². The van der Waals surface area contributed by atoms with Crippen LogP contribution in [0.15, 0.2) is 12.3 Å². The minimum Gasteiger partial charge on any atom is -0.379 e. The fourth-order valence-corrected chi connectivity index (χ4v) is 3.09. The molecule has 4 heterocycles. The number of hydrogen-bond acceptors (Lipinski definition) is 5. The number of rotatable bonds is 2. The number of ether oxygens (including phenoxy) is 1. The number of aryl methyl sites for hydroxylation is 2. The monoisotopic (exact) mass is 299 g/mol. The van der Waals surface area contributed by atoms with Crippen LogP contribution in [-0.2, 0) is 11.3 Å². The molecule has 0 aromatic carbocycles. The molecule has 7 heteroatoms. The highest BCUT2D eigenvalue weighted by Crippen LogP contribution is 2.27. The highest BCUT2D eigenvalue weighted by atomic mass is 16.5. The van der Waals surface area contributed by atoms with Gasteiger partial charge in [0.05, 0.1) is 19.2 Å². The molecule has 0 unspecified atom stereocenters. The molecule has 114 valence electrons. The number of amides is 1. The van der Waals surface area contributed by atoms with Gasteiger partial charge in [-0.1, -0.05) is 0 Å². The lowest BCUT2D eigenvalue weighted by molar-refractivity contribution is 0.0672. The first-order valence-electron chi connectivity index (χ1n) is 7.42. The average Bonchev–Trinajstić information content (AvgIpc) is 3.15. The largest absolute Gasteiger partial charge is 0.379 e. The third kappa shape index (κ3) is 2.09. The Morgan fingerprint density at radius 3 is 2.86 bits per heavy atom. The summed E-state index contributed by atoms with van der Waals surface area (Å²) in [4.78, 5) is 23.0. The summed E-state index contributed by atoms with van der Waals surface area (Å²) in [6.45, 7) is 5.72. The van der Waals surface area contributed by atoms with E-state index in [-0.39, 0.29) is 11.9 Å². The van der Waals surface area contributed by atoms with E-state index in [1.54, 1.807) is 4.68 Å². The lowest BCUT2D eigenvalue weighted by Crippen LogP contribution is -2.36. The lowest BCUT2D eigenvalue weighted by atomic mass is 10.2. The van der Waals surface area contributed by atoms with Crippen LogP contribution in [0.1, 0.15) is 34.0 Å². The van der Waals surface area contributed by atoms with E-state index in [0.29, 0.717) is 30.5 Å². The smallest absolute Gasteiger partial charge is 0.275 e. The van der Waals surface area contributed by atoms with Gasteiger partial charge < -0.3 is 9.64 Å². The van der Waals surface area contributed by atoms with E-state index in [9.17, 15) is 4.79 Å².